The minimum atomic E-state index is -3.66. The van der Waals surface area contributed by atoms with Crippen molar-refractivity contribution in [3.05, 3.63) is 41.2 Å². The third kappa shape index (κ3) is 6.02. The van der Waals surface area contributed by atoms with Gasteiger partial charge in [0.05, 0.1) is 44.4 Å². The molecule has 2 N–H and O–H groups in total. The van der Waals surface area contributed by atoms with Crippen molar-refractivity contribution >= 4 is 15.8 Å². The van der Waals surface area contributed by atoms with Crippen molar-refractivity contribution in [2.24, 2.45) is 4.99 Å². The Bertz CT molecular complexity index is 1120. The minimum Gasteiger partial charge on any atom is -0.493 e. The minimum absolute atomic E-state index is 0.121. The van der Waals surface area contributed by atoms with Crippen LogP contribution in [0, 0.1) is 0 Å². The number of nitrogens with zero attached hydrogens (tertiary/aromatic N) is 3. The lowest BCUT2D eigenvalue weighted by Gasteiger charge is -2.37. The van der Waals surface area contributed by atoms with E-state index in [1.807, 2.05) is 19.1 Å². The van der Waals surface area contributed by atoms with Gasteiger partial charge in [0.15, 0.2) is 11.5 Å². The van der Waals surface area contributed by atoms with Gasteiger partial charge in [0.2, 0.25) is 0 Å². The molecule has 2 aliphatic rings. The van der Waals surface area contributed by atoms with Crippen LogP contribution in [-0.2, 0) is 10.1 Å². The summed E-state index contributed by atoms with van der Waals surface area (Å²) in [5, 5.41) is 10.2. The first kappa shape index (κ1) is 25.9. The van der Waals surface area contributed by atoms with Gasteiger partial charge in [-0.3, -0.25) is 9.55 Å². The molecule has 0 amide bonds. The predicted molar refractivity (Wildman–Crippen MR) is 127 cm³/mol. The molecular weight excluding hydrogens is 462 g/mol. The van der Waals surface area contributed by atoms with E-state index in [0.29, 0.717) is 24.8 Å². The van der Waals surface area contributed by atoms with Crippen molar-refractivity contribution in [2.75, 3.05) is 26.6 Å². The Balaban J connectivity index is 0.000000481. The Morgan fingerprint density at radius 3 is 2.29 bits per heavy atom. The standard InChI is InChI=1S/C21H25N3O4.C2H6O3S/c1-4-28-19-8-14-15-7-13(25)5-6-17(15)24-20(16(14)9-18(19)26-2)12-10-22-21(27-3)23-11-12;1-2-6(3,4)5/h8-11,13,15,17,25H,4-7H2,1-3H3;2H2,1H3,(H,3,4,5)/t13-,15-,17-;/m1./s1. The van der Waals surface area contributed by atoms with Crippen LogP contribution in [0.2, 0.25) is 0 Å². The third-order valence-corrected chi connectivity index (χ3v) is 6.55. The van der Waals surface area contributed by atoms with E-state index in [1.54, 1.807) is 26.6 Å². The van der Waals surface area contributed by atoms with Crippen LogP contribution in [0.25, 0.3) is 0 Å². The molecule has 1 saturated carbocycles. The van der Waals surface area contributed by atoms with Crippen LogP contribution < -0.4 is 14.2 Å². The summed E-state index contributed by atoms with van der Waals surface area (Å²) in [5.74, 6) is 1.34. The van der Waals surface area contributed by atoms with E-state index in [9.17, 15) is 13.5 Å². The van der Waals surface area contributed by atoms with E-state index in [2.05, 4.69) is 9.97 Å². The van der Waals surface area contributed by atoms with Crippen LogP contribution in [0.5, 0.6) is 17.5 Å². The van der Waals surface area contributed by atoms with Crippen LogP contribution >= 0.6 is 0 Å². The number of hydrogen-bond acceptors (Lipinski definition) is 9. The molecule has 1 fully saturated rings. The first-order chi connectivity index (χ1) is 16.2. The summed E-state index contributed by atoms with van der Waals surface area (Å²) >= 11 is 0. The summed E-state index contributed by atoms with van der Waals surface area (Å²) in [5.41, 5.74) is 3.78. The highest BCUT2D eigenvalue weighted by Crippen LogP contribution is 2.44. The number of benzene rings is 1. The van der Waals surface area contributed by atoms with E-state index < -0.39 is 10.1 Å². The van der Waals surface area contributed by atoms with Crippen LogP contribution in [0.15, 0.2) is 29.5 Å². The second kappa shape index (κ2) is 11.1. The summed E-state index contributed by atoms with van der Waals surface area (Å²) in [6.45, 7) is 3.88. The van der Waals surface area contributed by atoms with E-state index >= 15 is 0 Å². The van der Waals surface area contributed by atoms with Crippen LogP contribution in [0.4, 0.5) is 0 Å². The lowest BCUT2D eigenvalue weighted by Crippen LogP contribution is -2.34. The molecule has 4 rings (SSSR count). The molecule has 0 bridgehead atoms. The number of aliphatic hydroxyl groups excluding tert-OH is 1. The average Bonchev–Trinajstić information content (AvgIpc) is 2.83. The Kier molecular flexibility index (Phi) is 8.45. The fourth-order valence-corrected chi connectivity index (χ4v) is 4.15. The fraction of sp³-hybridized carbons (Fsp3) is 0.522. The van der Waals surface area contributed by atoms with Crippen molar-refractivity contribution in [3.8, 4) is 17.5 Å². The molecule has 0 unspecified atom stereocenters. The van der Waals surface area contributed by atoms with Gasteiger partial charge in [0.1, 0.15) is 0 Å². The SMILES string of the molecule is CCOc1cc2c(cc1OC)C(c1cnc(OC)nc1)=N[C@@H]1CC[C@@H](O)C[C@H]21.CCS(=O)(=O)O. The zero-order valence-electron chi connectivity index (χ0n) is 19.8. The molecule has 0 spiro atoms. The smallest absolute Gasteiger partial charge is 0.316 e. The molecule has 186 valence electrons. The molecule has 1 aromatic carbocycles. The number of aliphatic imine (C=N–C) groups is 1. The third-order valence-electron chi connectivity index (χ3n) is 5.82. The second-order valence-corrected chi connectivity index (χ2v) is 9.71. The monoisotopic (exact) mass is 493 g/mol. The zero-order chi connectivity index (χ0) is 24.9. The first-order valence-corrected chi connectivity index (χ1v) is 12.7. The highest BCUT2D eigenvalue weighted by molar-refractivity contribution is 7.85. The predicted octanol–water partition coefficient (Wildman–Crippen LogP) is 2.63. The van der Waals surface area contributed by atoms with Crippen LogP contribution in [0.1, 0.15) is 55.7 Å². The molecule has 0 saturated heterocycles. The topological polar surface area (TPSA) is 140 Å². The van der Waals surface area contributed by atoms with Gasteiger partial charge in [-0.2, -0.15) is 8.42 Å². The number of methoxy groups -OCH3 is 2. The van der Waals surface area contributed by atoms with Gasteiger partial charge >= 0.3 is 6.01 Å². The van der Waals surface area contributed by atoms with Gasteiger partial charge in [-0.1, -0.05) is 0 Å². The summed E-state index contributed by atoms with van der Waals surface area (Å²) < 4.78 is 43.4. The lowest BCUT2D eigenvalue weighted by molar-refractivity contribution is 0.111. The lowest BCUT2D eigenvalue weighted by atomic mass is 9.74. The molecule has 11 heteroatoms. The highest BCUT2D eigenvalue weighted by atomic mass is 32.2. The maximum Gasteiger partial charge on any atom is 0.316 e. The summed E-state index contributed by atoms with van der Waals surface area (Å²) in [6, 6.07) is 4.46. The van der Waals surface area contributed by atoms with Crippen molar-refractivity contribution in [3.63, 3.8) is 0 Å². The van der Waals surface area contributed by atoms with Crippen molar-refractivity contribution in [1.82, 2.24) is 9.97 Å². The van der Waals surface area contributed by atoms with Gasteiger partial charge in [-0.05, 0) is 50.8 Å². The van der Waals surface area contributed by atoms with Crippen LogP contribution in [0.3, 0.4) is 0 Å². The number of fused-ring (bicyclic) bond motifs is 3. The van der Waals surface area contributed by atoms with E-state index in [1.165, 1.54) is 6.92 Å². The Labute approximate surface area is 199 Å². The molecular formula is C23H31N3O7S. The quantitative estimate of drug-likeness (QED) is 0.581. The van der Waals surface area contributed by atoms with Crippen molar-refractivity contribution in [1.29, 1.82) is 0 Å². The maximum atomic E-state index is 10.2. The Morgan fingerprint density at radius 2 is 1.74 bits per heavy atom. The molecule has 2 heterocycles. The van der Waals surface area contributed by atoms with Gasteiger partial charge in [-0.25, -0.2) is 9.97 Å². The zero-order valence-corrected chi connectivity index (χ0v) is 20.6. The fourth-order valence-electron chi connectivity index (χ4n) is 4.15. The number of ether oxygens (including phenoxy) is 3. The van der Waals surface area contributed by atoms with E-state index in [-0.39, 0.29) is 23.8 Å². The maximum absolute atomic E-state index is 10.2. The summed E-state index contributed by atoms with van der Waals surface area (Å²) in [6.07, 6.45) is 5.48. The average molecular weight is 494 g/mol. The highest BCUT2D eigenvalue weighted by Gasteiger charge is 2.37. The molecule has 10 nitrogen and oxygen atoms in total. The van der Waals surface area contributed by atoms with Crippen molar-refractivity contribution < 1.29 is 32.3 Å². The largest absolute Gasteiger partial charge is 0.493 e. The summed E-state index contributed by atoms with van der Waals surface area (Å²) in [4.78, 5) is 13.5. The van der Waals surface area contributed by atoms with Gasteiger partial charge in [0.25, 0.3) is 10.1 Å². The van der Waals surface area contributed by atoms with E-state index in [4.69, 9.17) is 23.8 Å². The Hall–Kier alpha value is -2.76. The molecule has 1 aliphatic carbocycles. The number of rotatable bonds is 6. The van der Waals surface area contributed by atoms with Gasteiger partial charge in [-0.15, -0.1) is 0 Å². The normalized spacial score (nSPS) is 21.2. The van der Waals surface area contributed by atoms with Crippen LogP contribution in [-0.4, -0.2) is 72.5 Å². The first-order valence-electron chi connectivity index (χ1n) is 11.1. The van der Waals surface area contributed by atoms with Crippen molar-refractivity contribution in [2.45, 2.75) is 51.2 Å². The van der Waals surface area contributed by atoms with Gasteiger partial charge < -0.3 is 19.3 Å². The number of hydrogen-bond donors (Lipinski definition) is 2. The molecule has 0 radical (unpaired) electrons. The molecule has 1 aliphatic heterocycles. The molecule has 1 aromatic heterocycles. The number of aromatic nitrogens is 2. The number of aliphatic hydroxyl groups is 1. The van der Waals surface area contributed by atoms with Gasteiger partial charge in [0, 0.05) is 29.4 Å². The van der Waals surface area contributed by atoms with E-state index in [0.717, 1.165) is 41.0 Å². The molecule has 3 atom stereocenters. The Morgan fingerprint density at radius 1 is 1.06 bits per heavy atom. The second-order valence-electron chi connectivity index (χ2n) is 7.97. The molecule has 2 aromatic rings. The molecule has 34 heavy (non-hydrogen) atoms. The summed E-state index contributed by atoms with van der Waals surface area (Å²) in [7, 11) is -0.487.